The van der Waals surface area contributed by atoms with Crippen LogP contribution >= 0.6 is 0 Å². The van der Waals surface area contributed by atoms with Crippen molar-refractivity contribution in [2.24, 2.45) is 0 Å². The van der Waals surface area contributed by atoms with E-state index in [0.29, 0.717) is 5.92 Å². The van der Waals surface area contributed by atoms with E-state index in [1.165, 1.54) is 118 Å². The van der Waals surface area contributed by atoms with E-state index < -0.39 is 0 Å². The van der Waals surface area contributed by atoms with Gasteiger partial charge in [-0.2, -0.15) is 0 Å². The van der Waals surface area contributed by atoms with Gasteiger partial charge in [0.1, 0.15) is 0 Å². The number of aryl methyl sites for hydroxylation is 2. The number of rotatable bonds is 6. The van der Waals surface area contributed by atoms with Gasteiger partial charge in [0.25, 0.3) is 0 Å². The Balaban J connectivity index is 0.000000782. The molecule has 9 aromatic rings. The third-order valence-electron chi connectivity index (χ3n) is 11.2. The van der Waals surface area contributed by atoms with Crippen molar-refractivity contribution in [3.8, 4) is 44.5 Å². The Bertz CT molecular complexity index is 2820. The molecule has 0 aliphatic carbocycles. The molecule has 0 radical (unpaired) electrons. The van der Waals surface area contributed by atoms with E-state index in [-0.39, 0.29) is 7.43 Å². The zero-order valence-corrected chi connectivity index (χ0v) is 46.3. The van der Waals surface area contributed by atoms with Gasteiger partial charge in [-0.1, -0.05) is 293 Å². The molecule has 0 heteroatoms. The first-order chi connectivity index (χ1) is 34.1. The maximum absolute atomic E-state index is 3.78. The fourth-order valence-electron chi connectivity index (χ4n) is 8.24. The van der Waals surface area contributed by atoms with Crippen molar-refractivity contribution in [2.75, 3.05) is 0 Å². The number of fused-ring (bicyclic) bond motifs is 6. The summed E-state index contributed by atoms with van der Waals surface area (Å²) in [6.07, 6.45) is 5.72. The molecular weight excluding hydrogens is 853 g/mol. The van der Waals surface area contributed by atoms with Crippen LogP contribution in [0.3, 0.4) is 0 Å². The average molecular weight is 946 g/mol. The van der Waals surface area contributed by atoms with Crippen molar-refractivity contribution < 1.29 is 0 Å². The van der Waals surface area contributed by atoms with Gasteiger partial charge in [0.05, 0.1) is 0 Å². The highest BCUT2D eigenvalue weighted by molar-refractivity contribution is 6.25. The fraction of sp³-hybridized carbons (Fsp3) is 0.296. The highest BCUT2D eigenvalue weighted by atomic mass is 14.2. The van der Waals surface area contributed by atoms with Gasteiger partial charge in [-0.25, -0.2) is 0 Å². The van der Waals surface area contributed by atoms with Crippen molar-refractivity contribution in [1.82, 2.24) is 0 Å². The molecule has 0 amide bonds. The maximum atomic E-state index is 3.78. The molecule has 376 valence electrons. The zero-order valence-electron chi connectivity index (χ0n) is 46.3. The lowest BCUT2D eigenvalue weighted by atomic mass is 9.87. The Morgan fingerprint density at radius 3 is 1.25 bits per heavy atom. The normalized spacial score (nSPS) is 10.0. The summed E-state index contributed by atoms with van der Waals surface area (Å²) in [5.74, 6) is 0.469. The molecule has 0 bridgehead atoms. The van der Waals surface area contributed by atoms with Gasteiger partial charge in [-0.05, 0) is 138 Å². The van der Waals surface area contributed by atoms with Gasteiger partial charge >= 0.3 is 0 Å². The number of hydrogen-bond donors (Lipinski definition) is 0. The molecule has 1 atom stereocenters. The molecule has 0 saturated carbocycles. The summed E-state index contributed by atoms with van der Waals surface area (Å²) < 4.78 is 0. The zero-order chi connectivity index (χ0) is 52.0. The monoisotopic (exact) mass is 945 g/mol. The van der Waals surface area contributed by atoms with Crippen molar-refractivity contribution in [1.29, 1.82) is 0 Å². The summed E-state index contributed by atoms with van der Waals surface area (Å²) in [7, 11) is 0. The maximum Gasteiger partial charge on any atom is -0.00105 e. The van der Waals surface area contributed by atoms with Gasteiger partial charge in [-0.3, -0.25) is 0 Å². The molecule has 1 unspecified atom stereocenters. The van der Waals surface area contributed by atoms with E-state index in [1.54, 1.807) is 0 Å². The molecular formula is C71H92. The molecule has 0 fully saturated rings. The minimum absolute atomic E-state index is 0. The molecule has 0 N–H and O–H groups in total. The highest BCUT2D eigenvalue weighted by Crippen LogP contribution is 2.40. The van der Waals surface area contributed by atoms with E-state index in [4.69, 9.17) is 0 Å². The molecule has 9 aromatic carbocycles. The smallest absolute Gasteiger partial charge is 0.00105 e. The second-order valence-electron chi connectivity index (χ2n) is 16.8. The lowest BCUT2D eigenvalue weighted by Crippen LogP contribution is -1.93. The van der Waals surface area contributed by atoms with Gasteiger partial charge in [0.2, 0.25) is 0 Å². The molecule has 71 heavy (non-hydrogen) atoms. The summed E-state index contributed by atoms with van der Waals surface area (Å²) in [4.78, 5) is 0. The molecule has 0 nitrogen and oxygen atoms in total. The second kappa shape index (κ2) is 34.7. The number of allylic oxidation sites excluding steroid dienone is 1. The lowest BCUT2D eigenvalue weighted by molar-refractivity contribution is 0.956. The van der Waals surface area contributed by atoms with Crippen molar-refractivity contribution in [2.45, 2.75) is 143 Å². The second-order valence-corrected chi connectivity index (χ2v) is 16.8. The van der Waals surface area contributed by atoms with Crippen LogP contribution in [0.4, 0.5) is 0 Å². The minimum atomic E-state index is 0. The predicted octanol–water partition coefficient (Wildman–Crippen LogP) is 23.7. The molecule has 0 spiro atoms. The Labute approximate surface area is 435 Å². The van der Waals surface area contributed by atoms with Crippen LogP contribution in [0.25, 0.3) is 76.8 Å². The molecule has 0 aliphatic heterocycles. The van der Waals surface area contributed by atoms with Gasteiger partial charge < -0.3 is 0 Å². The number of benzene rings is 9. The first-order valence-electron chi connectivity index (χ1n) is 26.5. The molecule has 0 aliphatic rings. The summed E-state index contributed by atoms with van der Waals surface area (Å²) in [6.45, 7) is 37.3. The van der Waals surface area contributed by atoms with Crippen LogP contribution in [0.15, 0.2) is 195 Å². The van der Waals surface area contributed by atoms with E-state index in [1.807, 2.05) is 47.6 Å². The standard InChI is InChI=1S/C44H32.C11H14.3C3H8.3C2H6.CH4/c1-29-19-25-37(33-22-20-32(21-23-33)31-11-4-3-5-12-31)30(2)44(29)36-14-10-13-34(27-36)35-24-26-42-40-17-7-6-15-38(40)39-16-8-9-18-41(39)43(42)28-35;1-4-9(2)11-8-6-5-7-10(11)3;3*1-3-2;3*1-2;/h3-28H,1-2H3;4-9H,1H2,2-3H3;3*3H2,1-2H3;3*1-2H3;1H4. The molecule has 9 rings (SSSR count). The Morgan fingerprint density at radius 2 is 0.746 bits per heavy atom. The van der Waals surface area contributed by atoms with Crippen molar-refractivity contribution >= 4 is 32.3 Å². The summed E-state index contributed by atoms with van der Waals surface area (Å²) >= 11 is 0. The Kier molecular flexibility index (Phi) is 30.6. The molecule has 0 heterocycles. The largest absolute Gasteiger partial charge is 0.102 e. The lowest BCUT2D eigenvalue weighted by Gasteiger charge is -2.17. The van der Waals surface area contributed by atoms with Crippen LogP contribution in [0, 0.1) is 20.8 Å². The topological polar surface area (TPSA) is 0 Å². The quantitative estimate of drug-likeness (QED) is 0.115. The van der Waals surface area contributed by atoms with E-state index in [2.05, 4.69) is 258 Å². The van der Waals surface area contributed by atoms with E-state index >= 15 is 0 Å². The van der Waals surface area contributed by atoms with Crippen LogP contribution in [-0.2, 0) is 0 Å². The van der Waals surface area contributed by atoms with Crippen LogP contribution < -0.4 is 0 Å². The Morgan fingerprint density at radius 1 is 0.366 bits per heavy atom. The van der Waals surface area contributed by atoms with Gasteiger partial charge in [0.15, 0.2) is 0 Å². The van der Waals surface area contributed by atoms with Gasteiger partial charge in [-0.15, -0.1) is 6.58 Å². The first kappa shape index (κ1) is 62.5. The number of hydrogen-bond acceptors (Lipinski definition) is 0. The van der Waals surface area contributed by atoms with Crippen LogP contribution in [0.5, 0.6) is 0 Å². The highest BCUT2D eigenvalue weighted by Gasteiger charge is 2.14. The van der Waals surface area contributed by atoms with Gasteiger partial charge in [0, 0.05) is 0 Å². The molecule has 0 saturated heterocycles. The average Bonchev–Trinajstić information content (AvgIpc) is 3.41. The molecule has 0 aromatic heterocycles. The SMILES string of the molecule is C.C=CC(C)c1ccccc1C.CC.CC.CC.CCC.CCC.CCC.Cc1ccc(-c2ccc(-c3ccccc3)cc2)c(C)c1-c1cccc(-c2ccc3c4ccccc4c4ccccc4c3c2)c1. The fourth-order valence-corrected chi connectivity index (χ4v) is 8.24. The summed E-state index contributed by atoms with van der Waals surface area (Å²) in [5.41, 5.74) is 15.4. The third-order valence-corrected chi connectivity index (χ3v) is 11.2. The van der Waals surface area contributed by atoms with E-state index in [0.717, 1.165) is 0 Å². The van der Waals surface area contributed by atoms with Crippen molar-refractivity contribution in [3.63, 3.8) is 0 Å². The van der Waals surface area contributed by atoms with Crippen LogP contribution in [0.2, 0.25) is 0 Å². The summed E-state index contributed by atoms with van der Waals surface area (Å²) in [5, 5.41) is 7.83. The third kappa shape index (κ3) is 17.1. The van der Waals surface area contributed by atoms with E-state index in [9.17, 15) is 0 Å². The van der Waals surface area contributed by atoms with Crippen LogP contribution in [0.1, 0.15) is 145 Å². The minimum Gasteiger partial charge on any atom is -0.102 e. The van der Waals surface area contributed by atoms with Crippen molar-refractivity contribution in [3.05, 3.63) is 217 Å². The predicted molar refractivity (Wildman–Crippen MR) is 329 cm³/mol. The summed E-state index contributed by atoms with van der Waals surface area (Å²) in [6, 6.07) is 66.1. The Hall–Kier alpha value is -6.50. The van der Waals surface area contributed by atoms with Crippen LogP contribution in [-0.4, -0.2) is 0 Å². The first-order valence-corrected chi connectivity index (χ1v) is 26.5.